The van der Waals surface area contributed by atoms with Gasteiger partial charge in [-0.3, -0.25) is 0 Å². The summed E-state index contributed by atoms with van der Waals surface area (Å²) in [4.78, 5) is 20.8. The number of carbonyl (C=O) groups is 2. The van der Waals surface area contributed by atoms with Crippen LogP contribution in [0.2, 0.25) is 0 Å². The van der Waals surface area contributed by atoms with E-state index in [0.29, 0.717) is 19.0 Å². The monoisotopic (exact) mass is 188 g/mol. The van der Waals surface area contributed by atoms with Crippen LogP contribution < -0.4 is 0 Å². The van der Waals surface area contributed by atoms with Crippen LogP contribution in [-0.2, 0) is 14.3 Å². The van der Waals surface area contributed by atoms with Crippen molar-refractivity contribution in [2.45, 2.75) is 32.5 Å². The Morgan fingerprint density at radius 1 is 1.38 bits per heavy atom. The van der Waals surface area contributed by atoms with Crippen molar-refractivity contribution in [3.05, 3.63) is 0 Å². The van der Waals surface area contributed by atoms with E-state index in [4.69, 9.17) is 9.84 Å². The van der Waals surface area contributed by atoms with Gasteiger partial charge in [0.25, 0.3) is 0 Å². The second-order valence-corrected chi connectivity index (χ2v) is 2.94. The number of carbonyl (C=O) groups excluding carboxylic acids is 2. The second-order valence-electron chi connectivity index (χ2n) is 2.94. The first-order chi connectivity index (χ1) is 6.19. The van der Waals surface area contributed by atoms with E-state index in [1.165, 1.54) is 0 Å². The first-order valence-electron chi connectivity index (χ1n) is 4.36. The molecule has 3 atom stereocenters. The average molecular weight is 188 g/mol. The highest BCUT2D eigenvalue weighted by atomic mass is 16.5. The van der Waals surface area contributed by atoms with E-state index in [-0.39, 0.29) is 12.5 Å². The summed E-state index contributed by atoms with van der Waals surface area (Å²) in [5, 5.41) is 8.87. The van der Waals surface area contributed by atoms with Crippen LogP contribution in [0.1, 0.15) is 20.3 Å². The average Bonchev–Trinajstić information content (AvgIpc) is 2.19. The number of hydrogen-bond donors (Lipinski definition) is 1. The molecule has 3 unspecified atom stereocenters. The van der Waals surface area contributed by atoms with Crippen LogP contribution in [0.5, 0.6) is 0 Å². The van der Waals surface area contributed by atoms with Gasteiger partial charge in [0, 0.05) is 5.92 Å². The molecule has 0 rings (SSSR count). The Balaban J connectivity index is 4.09. The first-order valence-corrected chi connectivity index (χ1v) is 4.36. The SMILES string of the molecule is CCC(C=O)OC(CO)C(C)C=O. The smallest absolute Gasteiger partial charge is 0.148 e. The van der Waals surface area contributed by atoms with Gasteiger partial charge in [-0.05, 0) is 6.42 Å². The summed E-state index contributed by atoms with van der Waals surface area (Å²) in [6.45, 7) is 3.20. The predicted octanol–water partition coefficient (Wildman–Crippen LogP) is 0.176. The Morgan fingerprint density at radius 3 is 2.31 bits per heavy atom. The van der Waals surface area contributed by atoms with Crippen molar-refractivity contribution in [2.75, 3.05) is 6.61 Å². The van der Waals surface area contributed by atoms with Gasteiger partial charge in [-0.25, -0.2) is 0 Å². The molecular weight excluding hydrogens is 172 g/mol. The van der Waals surface area contributed by atoms with Crippen molar-refractivity contribution in [3.8, 4) is 0 Å². The fourth-order valence-corrected chi connectivity index (χ4v) is 0.870. The third-order valence-electron chi connectivity index (χ3n) is 1.88. The molecule has 0 aliphatic rings. The molecule has 0 amide bonds. The lowest BCUT2D eigenvalue weighted by Crippen LogP contribution is -2.32. The number of ether oxygens (including phenoxy) is 1. The largest absolute Gasteiger partial charge is 0.394 e. The maximum atomic E-state index is 10.4. The van der Waals surface area contributed by atoms with Gasteiger partial charge < -0.3 is 19.4 Å². The van der Waals surface area contributed by atoms with Gasteiger partial charge in [-0.1, -0.05) is 13.8 Å². The van der Waals surface area contributed by atoms with Crippen molar-refractivity contribution in [2.24, 2.45) is 5.92 Å². The van der Waals surface area contributed by atoms with Gasteiger partial charge >= 0.3 is 0 Å². The van der Waals surface area contributed by atoms with Crippen molar-refractivity contribution in [3.63, 3.8) is 0 Å². The molecule has 1 N–H and O–H groups in total. The van der Waals surface area contributed by atoms with Gasteiger partial charge in [0.15, 0.2) is 0 Å². The lowest BCUT2D eigenvalue weighted by atomic mass is 10.1. The summed E-state index contributed by atoms with van der Waals surface area (Å²) in [5.41, 5.74) is 0. The zero-order valence-corrected chi connectivity index (χ0v) is 7.97. The molecule has 0 aliphatic carbocycles. The Bertz CT molecular complexity index is 158. The van der Waals surface area contributed by atoms with E-state index in [1.54, 1.807) is 13.8 Å². The minimum Gasteiger partial charge on any atom is -0.394 e. The highest BCUT2D eigenvalue weighted by Crippen LogP contribution is 2.08. The van der Waals surface area contributed by atoms with Crippen LogP contribution >= 0.6 is 0 Å². The van der Waals surface area contributed by atoms with Gasteiger partial charge in [0.1, 0.15) is 18.7 Å². The number of rotatable bonds is 7. The highest BCUT2D eigenvalue weighted by Gasteiger charge is 2.19. The first kappa shape index (κ1) is 12.3. The molecule has 0 bridgehead atoms. The molecule has 0 aromatic heterocycles. The molecule has 76 valence electrons. The fourth-order valence-electron chi connectivity index (χ4n) is 0.870. The topological polar surface area (TPSA) is 63.6 Å². The second kappa shape index (κ2) is 6.74. The molecule has 0 aromatic carbocycles. The highest BCUT2D eigenvalue weighted by molar-refractivity contribution is 5.56. The van der Waals surface area contributed by atoms with E-state index in [1.807, 2.05) is 0 Å². The molecule has 0 radical (unpaired) electrons. The Kier molecular flexibility index (Phi) is 6.36. The molecule has 0 aromatic rings. The molecule has 4 nitrogen and oxygen atoms in total. The fraction of sp³-hybridized carbons (Fsp3) is 0.778. The van der Waals surface area contributed by atoms with Crippen LogP contribution in [0, 0.1) is 5.92 Å². The van der Waals surface area contributed by atoms with E-state index in [9.17, 15) is 9.59 Å². The quantitative estimate of drug-likeness (QED) is 0.579. The summed E-state index contributed by atoms with van der Waals surface area (Å²) in [7, 11) is 0. The van der Waals surface area contributed by atoms with E-state index < -0.39 is 12.2 Å². The maximum absolute atomic E-state index is 10.4. The van der Waals surface area contributed by atoms with E-state index >= 15 is 0 Å². The molecule has 0 saturated heterocycles. The number of aliphatic hydroxyl groups is 1. The standard InChI is InChI=1S/C9H16O4/c1-3-8(5-11)13-9(6-12)7(2)4-10/h4-5,7-9,12H,3,6H2,1-2H3. The van der Waals surface area contributed by atoms with Crippen LogP contribution in [-0.4, -0.2) is 36.5 Å². The summed E-state index contributed by atoms with van der Waals surface area (Å²) >= 11 is 0. The minimum atomic E-state index is -0.576. The number of aldehydes is 2. The summed E-state index contributed by atoms with van der Waals surface area (Å²) in [6, 6.07) is 0. The van der Waals surface area contributed by atoms with Crippen molar-refractivity contribution in [1.82, 2.24) is 0 Å². The van der Waals surface area contributed by atoms with E-state index in [2.05, 4.69) is 0 Å². The number of hydrogen-bond acceptors (Lipinski definition) is 4. The van der Waals surface area contributed by atoms with Crippen molar-refractivity contribution < 1.29 is 19.4 Å². The van der Waals surface area contributed by atoms with Gasteiger partial charge in [-0.2, -0.15) is 0 Å². The molecule has 0 saturated carbocycles. The normalized spacial score (nSPS) is 17.5. The lowest BCUT2D eigenvalue weighted by molar-refractivity contribution is -0.132. The van der Waals surface area contributed by atoms with Gasteiger partial charge in [0.05, 0.1) is 12.7 Å². The number of aliphatic hydroxyl groups excluding tert-OH is 1. The summed E-state index contributed by atoms with van der Waals surface area (Å²) in [5.74, 6) is -0.390. The summed E-state index contributed by atoms with van der Waals surface area (Å²) < 4.78 is 5.20. The zero-order chi connectivity index (χ0) is 10.3. The Hall–Kier alpha value is -0.740. The van der Waals surface area contributed by atoms with Crippen LogP contribution in [0.25, 0.3) is 0 Å². The summed E-state index contributed by atoms with van der Waals surface area (Å²) in [6.07, 6.45) is 0.830. The van der Waals surface area contributed by atoms with Crippen LogP contribution in [0.3, 0.4) is 0 Å². The molecule has 13 heavy (non-hydrogen) atoms. The molecule has 0 fully saturated rings. The van der Waals surface area contributed by atoms with Crippen LogP contribution in [0.4, 0.5) is 0 Å². The molecule has 0 aliphatic heterocycles. The maximum Gasteiger partial charge on any atom is 0.148 e. The zero-order valence-electron chi connectivity index (χ0n) is 7.97. The molecule has 0 heterocycles. The third-order valence-corrected chi connectivity index (χ3v) is 1.88. The van der Waals surface area contributed by atoms with Gasteiger partial charge in [0.2, 0.25) is 0 Å². The van der Waals surface area contributed by atoms with Gasteiger partial charge in [-0.15, -0.1) is 0 Å². The van der Waals surface area contributed by atoms with Crippen molar-refractivity contribution in [1.29, 1.82) is 0 Å². The Labute approximate surface area is 77.9 Å². The third kappa shape index (κ3) is 4.15. The van der Waals surface area contributed by atoms with E-state index in [0.717, 1.165) is 0 Å². The van der Waals surface area contributed by atoms with Crippen LogP contribution in [0.15, 0.2) is 0 Å². The van der Waals surface area contributed by atoms with Crippen molar-refractivity contribution >= 4 is 12.6 Å². The molecule has 4 heteroatoms. The lowest BCUT2D eigenvalue weighted by Gasteiger charge is -2.21. The molecule has 0 spiro atoms. The minimum absolute atomic E-state index is 0.246. The Morgan fingerprint density at radius 2 is 2.00 bits per heavy atom. The molecular formula is C9H16O4. The predicted molar refractivity (Wildman–Crippen MR) is 47.3 cm³/mol.